The maximum absolute atomic E-state index is 12.8. The van der Waals surface area contributed by atoms with Crippen LogP contribution in [0.25, 0.3) is 0 Å². The highest BCUT2D eigenvalue weighted by Crippen LogP contribution is 2.26. The summed E-state index contributed by atoms with van der Waals surface area (Å²) >= 11 is 0. The molecule has 0 radical (unpaired) electrons. The number of hydrogen-bond acceptors (Lipinski definition) is 4. The molecule has 1 fully saturated rings. The van der Waals surface area contributed by atoms with Crippen LogP contribution in [0.4, 0.5) is 0 Å². The molecule has 0 bridgehead atoms. The first-order chi connectivity index (χ1) is 11.2. The molecule has 3 heterocycles. The number of aromatic nitrogens is 5. The molecule has 2 aromatic rings. The first-order valence-electron chi connectivity index (χ1n) is 8.43. The molecule has 2 aromatic heterocycles. The summed E-state index contributed by atoms with van der Waals surface area (Å²) < 4.78 is 3.88. The number of likely N-dealkylation sites (tertiary alicyclic amines) is 1. The van der Waals surface area contributed by atoms with Crippen molar-refractivity contribution in [2.24, 2.45) is 0 Å². The van der Waals surface area contributed by atoms with Crippen molar-refractivity contribution in [3.8, 4) is 0 Å². The summed E-state index contributed by atoms with van der Waals surface area (Å²) in [4.78, 5) is 14.7. The zero-order chi connectivity index (χ0) is 16.2. The maximum Gasteiger partial charge on any atom is 0.272 e. The van der Waals surface area contributed by atoms with E-state index in [0.29, 0.717) is 18.8 Å². The van der Waals surface area contributed by atoms with Crippen molar-refractivity contribution in [1.82, 2.24) is 29.4 Å². The summed E-state index contributed by atoms with van der Waals surface area (Å²) in [5.74, 6) is 1.34. The van der Waals surface area contributed by atoms with Crippen LogP contribution < -0.4 is 0 Å². The molecule has 1 aliphatic heterocycles. The third-order valence-electron chi connectivity index (χ3n) is 4.42. The van der Waals surface area contributed by atoms with Crippen LogP contribution in [0.15, 0.2) is 18.6 Å². The molecule has 1 saturated heterocycles. The monoisotopic (exact) mass is 316 g/mol. The van der Waals surface area contributed by atoms with Crippen LogP contribution in [0, 0.1) is 0 Å². The van der Waals surface area contributed by atoms with E-state index in [1.165, 1.54) is 0 Å². The molecule has 3 rings (SSSR count). The normalized spacial score (nSPS) is 18.3. The quantitative estimate of drug-likeness (QED) is 0.845. The first-order valence-corrected chi connectivity index (χ1v) is 8.43. The van der Waals surface area contributed by atoms with Crippen LogP contribution in [0.5, 0.6) is 0 Å². The van der Waals surface area contributed by atoms with E-state index in [-0.39, 0.29) is 11.8 Å². The second kappa shape index (κ2) is 6.93. The Kier molecular flexibility index (Phi) is 4.73. The van der Waals surface area contributed by atoms with Crippen molar-refractivity contribution < 1.29 is 4.79 Å². The van der Waals surface area contributed by atoms with Gasteiger partial charge in [-0.3, -0.25) is 9.48 Å². The van der Waals surface area contributed by atoms with E-state index in [9.17, 15) is 4.79 Å². The third kappa shape index (κ3) is 3.13. The lowest BCUT2D eigenvalue weighted by Gasteiger charge is -2.32. The number of carbonyl (C=O) groups excluding carboxylic acids is 1. The Labute approximate surface area is 136 Å². The number of carbonyl (C=O) groups is 1. The molecule has 0 saturated carbocycles. The number of hydrogen-bond donors (Lipinski definition) is 0. The van der Waals surface area contributed by atoms with Crippen molar-refractivity contribution in [3.05, 3.63) is 30.1 Å². The average molecular weight is 316 g/mol. The van der Waals surface area contributed by atoms with E-state index < -0.39 is 0 Å². The van der Waals surface area contributed by atoms with E-state index in [1.54, 1.807) is 23.3 Å². The molecular formula is C16H24N6O. The highest BCUT2D eigenvalue weighted by Gasteiger charge is 2.29. The van der Waals surface area contributed by atoms with Gasteiger partial charge in [0.25, 0.3) is 5.91 Å². The fourth-order valence-corrected chi connectivity index (χ4v) is 3.29. The Morgan fingerprint density at radius 2 is 2.26 bits per heavy atom. The van der Waals surface area contributed by atoms with Crippen molar-refractivity contribution in [1.29, 1.82) is 0 Å². The van der Waals surface area contributed by atoms with Gasteiger partial charge in [-0.2, -0.15) is 5.10 Å². The topological polar surface area (TPSA) is 68.8 Å². The van der Waals surface area contributed by atoms with Gasteiger partial charge in [0.1, 0.15) is 17.8 Å². The largest absolute Gasteiger partial charge is 0.337 e. The number of piperidine rings is 1. The average Bonchev–Trinajstić information content (AvgIpc) is 3.23. The fraction of sp³-hybridized carbons (Fsp3) is 0.625. The molecule has 1 atom stereocenters. The molecule has 7 nitrogen and oxygen atoms in total. The van der Waals surface area contributed by atoms with Gasteiger partial charge in [0.2, 0.25) is 0 Å². The van der Waals surface area contributed by atoms with Crippen molar-refractivity contribution >= 4 is 5.91 Å². The molecule has 124 valence electrons. The van der Waals surface area contributed by atoms with Gasteiger partial charge in [-0.05, 0) is 32.3 Å². The minimum atomic E-state index is 0.0654. The minimum absolute atomic E-state index is 0.0654. The van der Waals surface area contributed by atoms with Crippen LogP contribution in [0.3, 0.4) is 0 Å². The molecular weight excluding hydrogens is 292 g/mol. The Balaban J connectivity index is 1.75. The number of rotatable bonds is 5. The lowest BCUT2D eigenvalue weighted by atomic mass is 9.96. The zero-order valence-corrected chi connectivity index (χ0v) is 13.9. The maximum atomic E-state index is 12.8. The summed E-state index contributed by atoms with van der Waals surface area (Å²) in [5.41, 5.74) is 0.670. The van der Waals surface area contributed by atoms with E-state index in [2.05, 4.69) is 26.8 Å². The van der Waals surface area contributed by atoms with Gasteiger partial charge in [-0.1, -0.05) is 6.92 Å². The van der Waals surface area contributed by atoms with Gasteiger partial charge in [-0.15, -0.1) is 10.2 Å². The molecule has 23 heavy (non-hydrogen) atoms. The highest BCUT2D eigenvalue weighted by molar-refractivity contribution is 5.92. The van der Waals surface area contributed by atoms with E-state index in [4.69, 9.17) is 0 Å². The molecule has 1 aliphatic rings. The summed E-state index contributed by atoms with van der Waals surface area (Å²) in [6.45, 7) is 7.27. The summed E-state index contributed by atoms with van der Waals surface area (Å²) in [7, 11) is 0. The van der Waals surface area contributed by atoms with Gasteiger partial charge in [0.05, 0.1) is 0 Å². The lowest BCUT2D eigenvalue weighted by molar-refractivity contribution is 0.0690. The van der Waals surface area contributed by atoms with Gasteiger partial charge >= 0.3 is 0 Å². The highest BCUT2D eigenvalue weighted by atomic mass is 16.2. The fourth-order valence-electron chi connectivity index (χ4n) is 3.29. The second-order valence-electron chi connectivity index (χ2n) is 6.01. The number of nitrogens with zero attached hydrogens (tertiary/aromatic N) is 6. The van der Waals surface area contributed by atoms with Crippen LogP contribution >= 0.6 is 0 Å². The second-order valence-corrected chi connectivity index (χ2v) is 6.01. The van der Waals surface area contributed by atoms with Gasteiger partial charge in [-0.25, -0.2) is 0 Å². The van der Waals surface area contributed by atoms with Gasteiger partial charge in [0.15, 0.2) is 0 Å². The minimum Gasteiger partial charge on any atom is -0.337 e. The van der Waals surface area contributed by atoms with Crippen molar-refractivity contribution in [2.45, 2.75) is 52.1 Å². The van der Waals surface area contributed by atoms with Crippen molar-refractivity contribution in [3.63, 3.8) is 0 Å². The summed E-state index contributed by atoms with van der Waals surface area (Å²) in [5, 5.41) is 12.6. The number of aryl methyl sites for hydroxylation is 2. The SMILES string of the molecule is CCCn1cnnc1C1CCCN(C(=O)c2ccnn2CC)C1. The summed E-state index contributed by atoms with van der Waals surface area (Å²) in [6, 6.07) is 1.80. The van der Waals surface area contributed by atoms with E-state index >= 15 is 0 Å². The number of amides is 1. The van der Waals surface area contributed by atoms with E-state index in [1.807, 2.05) is 11.8 Å². The molecule has 0 spiro atoms. The van der Waals surface area contributed by atoms with Crippen LogP contribution in [0.2, 0.25) is 0 Å². The summed E-state index contributed by atoms with van der Waals surface area (Å²) in [6.07, 6.45) is 6.59. The first kappa shape index (κ1) is 15.7. The van der Waals surface area contributed by atoms with Crippen LogP contribution in [0.1, 0.15) is 55.3 Å². The molecule has 0 aromatic carbocycles. The molecule has 1 amide bonds. The molecule has 0 N–H and O–H groups in total. The zero-order valence-electron chi connectivity index (χ0n) is 13.9. The lowest BCUT2D eigenvalue weighted by Crippen LogP contribution is -2.40. The molecule has 0 aliphatic carbocycles. The Morgan fingerprint density at radius 1 is 1.39 bits per heavy atom. The smallest absolute Gasteiger partial charge is 0.272 e. The third-order valence-corrected chi connectivity index (χ3v) is 4.42. The predicted molar refractivity (Wildman–Crippen MR) is 86.1 cm³/mol. The van der Waals surface area contributed by atoms with Gasteiger partial charge < -0.3 is 9.47 Å². The standard InChI is InChI=1S/C16H24N6O/c1-3-9-21-12-17-19-15(21)13-6-5-10-20(11-13)16(23)14-7-8-18-22(14)4-2/h7-8,12-13H,3-6,9-11H2,1-2H3. The predicted octanol–water partition coefficient (Wildman–Crippen LogP) is 1.92. The molecule has 1 unspecified atom stereocenters. The van der Waals surface area contributed by atoms with Crippen LogP contribution in [-0.2, 0) is 13.1 Å². The Morgan fingerprint density at radius 3 is 3.04 bits per heavy atom. The Hall–Kier alpha value is -2.18. The molecule has 7 heteroatoms. The van der Waals surface area contributed by atoms with Crippen molar-refractivity contribution in [2.75, 3.05) is 13.1 Å². The van der Waals surface area contributed by atoms with Gasteiger partial charge in [0, 0.05) is 38.3 Å². The van der Waals surface area contributed by atoms with E-state index in [0.717, 1.165) is 38.2 Å². The Bertz CT molecular complexity index is 661. The van der Waals surface area contributed by atoms with Crippen LogP contribution in [-0.4, -0.2) is 48.4 Å².